The Morgan fingerprint density at radius 3 is 2.64 bits per heavy atom. The van der Waals surface area contributed by atoms with Crippen molar-refractivity contribution in [1.82, 2.24) is 4.90 Å². The minimum Gasteiger partial charge on any atom is -0.392 e. The average Bonchev–Trinajstić information content (AvgIpc) is 1.86. The van der Waals surface area contributed by atoms with Gasteiger partial charge in [-0.15, -0.1) is 0 Å². The Balaban J connectivity index is 3.15. The lowest BCUT2D eigenvalue weighted by molar-refractivity contribution is 0.0957. The Morgan fingerprint density at radius 1 is 1.55 bits per heavy atom. The highest BCUT2D eigenvalue weighted by Crippen LogP contribution is 1.87. The molecule has 0 unspecified atom stereocenters. The largest absolute Gasteiger partial charge is 0.392 e. The Hall–Kier alpha value is -0.120. The van der Waals surface area contributed by atoms with Crippen molar-refractivity contribution in [3.8, 4) is 0 Å². The van der Waals surface area contributed by atoms with Crippen molar-refractivity contribution >= 4 is 0 Å². The summed E-state index contributed by atoms with van der Waals surface area (Å²) in [6, 6.07) is 0. The maximum Gasteiger partial charge on any atom is 0.0638 e. The Bertz CT molecular complexity index is 86.2. The quantitative estimate of drug-likeness (QED) is 0.570. The summed E-state index contributed by atoms with van der Waals surface area (Å²) in [5.41, 5.74) is 0. The van der Waals surface area contributed by atoms with E-state index in [1.807, 2.05) is 14.0 Å². The van der Waals surface area contributed by atoms with Crippen LogP contribution in [0, 0.1) is 0 Å². The summed E-state index contributed by atoms with van der Waals surface area (Å²) in [7, 11) is 1.98. The van der Waals surface area contributed by atoms with Crippen LogP contribution in [0.15, 0.2) is 0 Å². The van der Waals surface area contributed by atoms with Crippen LogP contribution in [-0.4, -0.2) is 49.5 Å². The molecule has 0 saturated heterocycles. The Morgan fingerprint density at radius 2 is 2.18 bits per heavy atom. The first-order valence-corrected chi connectivity index (χ1v) is 4.11. The molecule has 0 aromatic heterocycles. The first-order chi connectivity index (χ1) is 5.16. The second-order valence-electron chi connectivity index (χ2n) is 2.81. The van der Waals surface area contributed by atoms with E-state index in [9.17, 15) is 0 Å². The van der Waals surface area contributed by atoms with E-state index in [-0.39, 0.29) is 6.10 Å². The van der Waals surface area contributed by atoms with Gasteiger partial charge in [-0.1, -0.05) is 0 Å². The summed E-state index contributed by atoms with van der Waals surface area (Å²) in [5.74, 6) is 0. The van der Waals surface area contributed by atoms with Gasteiger partial charge in [0, 0.05) is 19.7 Å². The lowest BCUT2D eigenvalue weighted by Crippen LogP contribution is -2.30. The Kier molecular flexibility index (Phi) is 6.51. The molecule has 0 heterocycles. The molecule has 0 aliphatic carbocycles. The number of aliphatic hydroxyl groups is 1. The zero-order valence-corrected chi connectivity index (χ0v) is 7.71. The third-order valence-corrected chi connectivity index (χ3v) is 1.40. The van der Waals surface area contributed by atoms with Crippen LogP contribution in [0.5, 0.6) is 0 Å². The molecule has 0 aromatic carbocycles. The molecule has 1 atom stereocenters. The SMILES string of the molecule is CCOCCN(C)C[C@H](C)O. The smallest absolute Gasteiger partial charge is 0.0638 e. The summed E-state index contributed by atoms with van der Waals surface area (Å²) < 4.78 is 5.16. The van der Waals surface area contributed by atoms with Gasteiger partial charge in [0.25, 0.3) is 0 Å². The minimum atomic E-state index is -0.248. The van der Waals surface area contributed by atoms with Crippen LogP contribution in [0.4, 0.5) is 0 Å². The van der Waals surface area contributed by atoms with Crippen molar-refractivity contribution in [2.75, 3.05) is 33.4 Å². The normalized spacial score (nSPS) is 13.9. The minimum absolute atomic E-state index is 0.248. The maximum absolute atomic E-state index is 9.00. The van der Waals surface area contributed by atoms with Gasteiger partial charge in [-0.2, -0.15) is 0 Å². The van der Waals surface area contributed by atoms with Crippen molar-refractivity contribution in [2.24, 2.45) is 0 Å². The number of hydrogen-bond donors (Lipinski definition) is 1. The van der Waals surface area contributed by atoms with Gasteiger partial charge in [0.15, 0.2) is 0 Å². The van der Waals surface area contributed by atoms with Crippen LogP contribution in [0.25, 0.3) is 0 Å². The molecule has 1 N–H and O–H groups in total. The highest BCUT2D eigenvalue weighted by molar-refractivity contribution is 4.54. The van der Waals surface area contributed by atoms with Gasteiger partial charge in [-0.25, -0.2) is 0 Å². The molecule has 0 amide bonds. The molecule has 0 saturated carbocycles. The van der Waals surface area contributed by atoms with E-state index in [0.717, 1.165) is 19.8 Å². The van der Waals surface area contributed by atoms with Gasteiger partial charge in [-0.05, 0) is 20.9 Å². The molecule has 0 aromatic rings. The zero-order valence-electron chi connectivity index (χ0n) is 7.71. The number of ether oxygens (including phenoxy) is 1. The molecular formula is C8H19NO2. The van der Waals surface area contributed by atoms with E-state index in [0.29, 0.717) is 6.54 Å². The molecule has 0 aliphatic rings. The monoisotopic (exact) mass is 161 g/mol. The Labute approximate surface area is 69.0 Å². The van der Waals surface area contributed by atoms with Gasteiger partial charge in [-0.3, -0.25) is 0 Å². The first kappa shape index (κ1) is 10.9. The number of aliphatic hydroxyl groups excluding tert-OH is 1. The third-order valence-electron chi connectivity index (χ3n) is 1.40. The molecule has 0 spiro atoms. The van der Waals surface area contributed by atoms with E-state index >= 15 is 0 Å². The van der Waals surface area contributed by atoms with Crippen LogP contribution < -0.4 is 0 Å². The van der Waals surface area contributed by atoms with Crippen LogP contribution >= 0.6 is 0 Å². The zero-order chi connectivity index (χ0) is 8.69. The number of likely N-dealkylation sites (N-methyl/N-ethyl adjacent to an activating group) is 1. The molecule has 0 aliphatic heterocycles. The molecule has 68 valence electrons. The predicted octanol–water partition coefficient (Wildman–Crippen LogP) is 0.336. The molecule has 3 heteroatoms. The van der Waals surface area contributed by atoms with E-state index in [1.54, 1.807) is 6.92 Å². The fraction of sp³-hybridized carbons (Fsp3) is 1.00. The van der Waals surface area contributed by atoms with Gasteiger partial charge < -0.3 is 14.7 Å². The van der Waals surface area contributed by atoms with Crippen molar-refractivity contribution < 1.29 is 9.84 Å². The van der Waals surface area contributed by atoms with E-state index in [1.165, 1.54) is 0 Å². The molecule has 0 bridgehead atoms. The van der Waals surface area contributed by atoms with Gasteiger partial charge in [0.2, 0.25) is 0 Å². The summed E-state index contributed by atoms with van der Waals surface area (Å²) in [6.07, 6.45) is -0.248. The second-order valence-corrected chi connectivity index (χ2v) is 2.81. The highest BCUT2D eigenvalue weighted by Gasteiger charge is 2.01. The standard InChI is InChI=1S/C8H19NO2/c1-4-11-6-5-9(3)7-8(2)10/h8,10H,4-7H2,1-3H3/t8-/m0/s1. The summed E-state index contributed by atoms with van der Waals surface area (Å²) >= 11 is 0. The molecular weight excluding hydrogens is 142 g/mol. The maximum atomic E-state index is 9.00. The number of nitrogens with zero attached hydrogens (tertiary/aromatic N) is 1. The van der Waals surface area contributed by atoms with Crippen LogP contribution in [0.3, 0.4) is 0 Å². The van der Waals surface area contributed by atoms with Gasteiger partial charge >= 0.3 is 0 Å². The van der Waals surface area contributed by atoms with Crippen LogP contribution in [0.2, 0.25) is 0 Å². The van der Waals surface area contributed by atoms with Crippen LogP contribution in [-0.2, 0) is 4.74 Å². The summed E-state index contributed by atoms with van der Waals surface area (Å²) in [4.78, 5) is 2.06. The first-order valence-electron chi connectivity index (χ1n) is 4.11. The molecule has 11 heavy (non-hydrogen) atoms. The van der Waals surface area contributed by atoms with E-state index in [2.05, 4.69) is 4.90 Å². The fourth-order valence-corrected chi connectivity index (χ4v) is 0.907. The molecule has 0 fully saturated rings. The molecule has 0 rings (SSSR count). The van der Waals surface area contributed by atoms with Gasteiger partial charge in [0.1, 0.15) is 0 Å². The van der Waals surface area contributed by atoms with Crippen molar-refractivity contribution in [3.05, 3.63) is 0 Å². The predicted molar refractivity (Wildman–Crippen MR) is 45.7 cm³/mol. The van der Waals surface area contributed by atoms with E-state index < -0.39 is 0 Å². The van der Waals surface area contributed by atoms with Crippen molar-refractivity contribution in [2.45, 2.75) is 20.0 Å². The summed E-state index contributed by atoms with van der Waals surface area (Å²) in [6.45, 7) is 6.89. The van der Waals surface area contributed by atoms with Crippen molar-refractivity contribution in [1.29, 1.82) is 0 Å². The van der Waals surface area contributed by atoms with Crippen LogP contribution in [0.1, 0.15) is 13.8 Å². The summed E-state index contributed by atoms with van der Waals surface area (Å²) in [5, 5.41) is 9.00. The fourth-order valence-electron chi connectivity index (χ4n) is 0.907. The molecule has 3 nitrogen and oxygen atoms in total. The third kappa shape index (κ3) is 7.78. The number of rotatable bonds is 6. The lowest BCUT2D eigenvalue weighted by atomic mass is 10.4. The number of hydrogen-bond acceptors (Lipinski definition) is 3. The molecule has 0 radical (unpaired) electrons. The van der Waals surface area contributed by atoms with Crippen molar-refractivity contribution in [3.63, 3.8) is 0 Å². The average molecular weight is 161 g/mol. The highest BCUT2D eigenvalue weighted by atomic mass is 16.5. The topological polar surface area (TPSA) is 32.7 Å². The van der Waals surface area contributed by atoms with E-state index in [4.69, 9.17) is 9.84 Å². The lowest BCUT2D eigenvalue weighted by Gasteiger charge is -2.17. The second kappa shape index (κ2) is 6.58. The van der Waals surface area contributed by atoms with Gasteiger partial charge in [0.05, 0.1) is 12.7 Å².